The average molecular weight is 218 g/mol. The number of benzene rings is 2. The minimum Gasteiger partial charge on any atom is -0.205 e. The van der Waals surface area contributed by atoms with Crippen LogP contribution in [0.4, 0.5) is 8.78 Å². The molecule has 0 saturated carbocycles. The van der Waals surface area contributed by atoms with Crippen LogP contribution in [0.5, 0.6) is 0 Å². The van der Waals surface area contributed by atoms with Gasteiger partial charge in [-0.3, -0.25) is 0 Å². The summed E-state index contributed by atoms with van der Waals surface area (Å²) >= 11 is 0. The Hall–Kier alpha value is -1.70. The van der Waals surface area contributed by atoms with Gasteiger partial charge in [-0.2, -0.15) is 0 Å². The van der Waals surface area contributed by atoms with Gasteiger partial charge in [-0.05, 0) is 18.1 Å². The van der Waals surface area contributed by atoms with Crippen LogP contribution in [0, 0.1) is 6.92 Å². The highest BCUT2D eigenvalue weighted by Gasteiger charge is 2.12. The Balaban J connectivity index is 2.51. The fraction of sp³-hybridized carbons (Fsp3) is 0.143. The standard InChI is InChI=1S/C14H12F2/c1-10-6-8-11(9-7-10)12-4-2-3-5-13(12)14(15)16/h2-9,14H,1H3. The summed E-state index contributed by atoms with van der Waals surface area (Å²) in [6, 6.07) is 14.2. The first-order valence-electron chi connectivity index (χ1n) is 5.12. The minimum absolute atomic E-state index is 0.0892. The summed E-state index contributed by atoms with van der Waals surface area (Å²) in [4.78, 5) is 0. The quantitative estimate of drug-likeness (QED) is 0.691. The van der Waals surface area contributed by atoms with E-state index in [1.54, 1.807) is 18.2 Å². The fourth-order valence-corrected chi connectivity index (χ4v) is 1.68. The molecule has 2 heteroatoms. The molecule has 0 N–H and O–H groups in total. The van der Waals surface area contributed by atoms with E-state index in [0.29, 0.717) is 5.56 Å². The van der Waals surface area contributed by atoms with Crippen molar-refractivity contribution in [3.8, 4) is 11.1 Å². The zero-order valence-corrected chi connectivity index (χ0v) is 8.95. The van der Waals surface area contributed by atoms with Crippen LogP contribution in [-0.4, -0.2) is 0 Å². The molecule has 0 nitrogen and oxygen atoms in total. The molecule has 2 rings (SSSR count). The normalized spacial score (nSPS) is 10.8. The predicted molar refractivity (Wildman–Crippen MR) is 61.6 cm³/mol. The molecule has 0 saturated heterocycles. The second-order valence-corrected chi connectivity index (χ2v) is 3.75. The van der Waals surface area contributed by atoms with E-state index in [0.717, 1.165) is 11.1 Å². The average Bonchev–Trinajstić information content (AvgIpc) is 2.30. The van der Waals surface area contributed by atoms with Crippen LogP contribution in [0.15, 0.2) is 48.5 Å². The summed E-state index contributed by atoms with van der Waals surface area (Å²) in [7, 11) is 0. The summed E-state index contributed by atoms with van der Waals surface area (Å²) in [6.07, 6.45) is -2.43. The third-order valence-electron chi connectivity index (χ3n) is 2.56. The Morgan fingerprint density at radius 3 is 2.12 bits per heavy atom. The van der Waals surface area contributed by atoms with Gasteiger partial charge < -0.3 is 0 Å². The van der Waals surface area contributed by atoms with E-state index in [4.69, 9.17) is 0 Å². The molecule has 2 aromatic rings. The van der Waals surface area contributed by atoms with Crippen LogP contribution in [0.1, 0.15) is 17.6 Å². The zero-order chi connectivity index (χ0) is 11.5. The second kappa shape index (κ2) is 4.44. The van der Waals surface area contributed by atoms with Crippen LogP contribution < -0.4 is 0 Å². The van der Waals surface area contributed by atoms with Crippen molar-refractivity contribution in [3.63, 3.8) is 0 Å². The number of rotatable bonds is 2. The lowest BCUT2D eigenvalue weighted by atomic mass is 9.99. The van der Waals surface area contributed by atoms with Crippen molar-refractivity contribution in [1.29, 1.82) is 0 Å². The number of alkyl halides is 2. The van der Waals surface area contributed by atoms with Crippen molar-refractivity contribution in [1.82, 2.24) is 0 Å². The van der Waals surface area contributed by atoms with E-state index in [2.05, 4.69) is 0 Å². The van der Waals surface area contributed by atoms with E-state index in [1.807, 2.05) is 31.2 Å². The van der Waals surface area contributed by atoms with E-state index < -0.39 is 6.43 Å². The maximum atomic E-state index is 12.8. The van der Waals surface area contributed by atoms with Gasteiger partial charge in [0.2, 0.25) is 0 Å². The summed E-state index contributed by atoms with van der Waals surface area (Å²) in [5, 5.41) is 0. The first-order chi connectivity index (χ1) is 7.68. The first-order valence-corrected chi connectivity index (χ1v) is 5.12. The molecule has 2 aromatic carbocycles. The molecule has 0 unspecified atom stereocenters. The van der Waals surface area contributed by atoms with Gasteiger partial charge in [-0.25, -0.2) is 8.78 Å². The molecule has 0 aromatic heterocycles. The maximum Gasteiger partial charge on any atom is 0.264 e. The Morgan fingerprint density at radius 2 is 1.50 bits per heavy atom. The van der Waals surface area contributed by atoms with Gasteiger partial charge in [0.1, 0.15) is 0 Å². The molecule has 0 bridgehead atoms. The molecule has 0 fully saturated rings. The van der Waals surface area contributed by atoms with Crippen LogP contribution in [0.3, 0.4) is 0 Å². The SMILES string of the molecule is Cc1ccc(-c2ccccc2C(F)F)cc1. The van der Waals surface area contributed by atoms with Gasteiger partial charge in [0.25, 0.3) is 6.43 Å². The van der Waals surface area contributed by atoms with Gasteiger partial charge >= 0.3 is 0 Å². The molecule has 0 heterocycles. The number of hydrogen-bond donors (Lipinski definition) is 0. The predicted octanol–water partition coefficient (Wildman–Crippen LogP) is 4.60. The number of aryl methyl sites for hydroxylation is 1. The molecule has 16 heavy (non-hydrogen) atoms. The number of halogens is 2. The van der Waals surface area contributed by atoms with Crippen LogP contribution in [0.25, 0.3) is 11.1 Å². The molecule has 0 aliphatic carbocycles. The van der Waals surface area contributed by atoms with Crippen LogP contribution in [-0.2, 0) is 0 Å². The largest absolute Gasteiger partial charge is 0.264 e. The van der Waals surface area contributed by atoms with Gasteiger partial charge in [0.05, 0.1) is 0 Å². The van der Waals surface area contributed by atoms with Crippen LogP contribution >= 0.6 is 0 Å². The minimum atomic E-state index is -2.43. The highest BCUT2D eigenvalue weighted by atomic mass is 19.3. The van der Waals surface area contributed by atoms with Crippen molar-refractivity contribution in [2.45, 2.75) is 13.3 Å². The molecule has 0 atom stereocenters. The fourth-order valence-electron chi connectivity index (χ4n) is 1.68. The maximum absolute atomic E-state index is 12.8. The lowest BCUT2D eigenvalue weighted by Crippen LogP contribution is -1.89. The monoisotopic (exact) mass is 218 g/mol. The van der Waals surface area contributed by atoms with Gasteiger partial charge in [0, 0.05) is 5.56 Å². The topological polar surface area (TPSA) is 0 Å². The van der Waals surface area contributed by atoms with E-state index in [-0.39, 0.29) is 5.56 Å². The Labute approximate surface area is 93.5 Å². The van der Waals surface area contributed by atoms with E-state index in [9.17, 15) is 8.78 Å². The lowest BCUT2D eigenvalue weighted by Gasteiger charge is -2.08. The molecule has 0 aliphatic heterocycles. The van der Waals surface area contributed by atoms with Crippen LogP contribution in [0.2, 0.25) is 0 Å². The van der Waals surface area contributed by atoms with Gasteiger partial charge in [-0.15, -0.1) is 0 Å². The van der Waals surface area contributed by atoms with E-state index in [1.165, 1.54) is 6.07 Å². The van der Waals surface area contributed by atoms with Crippen molar-refractivity contribution < 1.29 is 8.78 Å². The highest BCUT2D eigenvalue weighted by molar-refractivity contribution is 5.67. The van der Waals surface area contributed by atoms with Gasteiger partial charge in [-0.1, -0.05) is 54.1 Å². The zero-order valence-electron chi connectivity index (χ0n) is 8.95. The summed E-state index contributed by atoms with van der Waals surface area (Å²) in [6.45, 7) is 1.97. The highest BCUT2D eigenvalue weighted by Crippen LogP contribution is 2.30. The smallest absolute Gasteiger partial charge is 0.205 e. The van der Waals surface area contributed by atoms with Crippen molar-refractivity contribution >= 4 is 0 Å². The van der Waals surface area contributed by atoms with Crippen molar-refractivity contribution in [3.05, 3.63) is 59.7 Å². The Kier molecular flexibility index (Phi) is 3.00. The first kappa shape index (κ1) is 10.8. The van der Waals surface area contributed by atoms with Gasteiger partial charge in [0.15, 0.2) is 0 Å². The van der Waals surface area contributed by atoms with Crippen molar-refractivity contribution in [2.75, 3.05) is 0 Å². The van der Waals surface area contributed by atoms with E-state index >= 15 is 0 Å². The lowest BCUT2D eigenvalue weighted by molar-refractivity contribution is 0.152. The van der Waals surface area contributed by atoms with Crippen molar-refractivity contribution in [2.24, 2.45) is 0 Å². The number of hydrogen-bond acceptors (Lipinski definition) is 0. The third-order valence-corrected chi connectivity index (χ3v) is 2.56. The summed E-state index contributed by atoms with van der Waals surface area (Å²) in [5.74, 6) is 0. The molecule has 0 spiro atoms. The molecule has 0 aliphatic rings. The second-order valence-electron chi connectivity index (χ2n) is 3.75. The summed E-state index contributed by atoms with van der Waals surface area (Å²) < 4.78 is 25.6. The summed E-state index contributed by atoms with van der Waals surface area (Å²) in [5.41, 5.74) is 2.66. The molecule has 0 amide bonds. The molecule has 82 valence electrons. The Bertz CT molecular complexity index is 472. The molecular weight excluding hydrogens is 206 g/mol. The Morgan fingerprint density at radius 1 is 0.875 bits per heavy atom. The molecular formula is C14H12F2. The third kappa shape index (κ3) is 2.11. The molecule has 0 radical (unpaired) electrons.